The van der Waals surface area contributed by atoms with Crippen LogP contribution in [-0.2, 0) is 0 Å². The molecule has 0 aliphatic carbocycles. The molecule has 0 aliphatic heterocycles. The lowest BCUT2D eigenvalue weighted by Crippen LogP contribution is -2.02. The maximum absolute atomic E-state index is 5.28. The summed E-state index contributed by atoms with van der Waals surface area (Å²) in [7, 11) is 0. The van der Waals surface area contributed by atoms with Crippen LogP contribution in [0.15, 0.2) is 188 Å². The second-order valence-corrected chi connectivity index (χ2v) is 13.2. The molecule has 242 valence electrons. The molecule has 0 unspecified atom stereocenters. The number of hydrogen-bond acceptors (Lipinski definition) is 3. The number of aromatic nitrogens is 3. The molecule has 0 spiro atoms. The van der Waals surface area contributed by atoms with Gasteiger partial charge in [-0.25, -0.2) is 15.0 Å². The summed E-state index contributed by atoms with van der Waals surface area (Å²) < 4.78 is 0. The van der Waals surface area contributed by atoms with Gasteiger partial charge in [0.05, 0.1) is 0 Å². The quantitative estimate of drug-likeness (QED) is 0.172. The van der Waals surface area contributed by atoms with Crippen LogP contribution in [-0.4, -0.2) is 15.0 Å². The highest BCUT2D eigenvalue weighted by atomic mass is 15.0. The summed E-state index contributed by atoms with van der Waals surface area (Å²) in [4.78, 5) is 15.6. The average Bonchev–Trinajstić information content (AvgIpc) is 3.23. The van der Waals surface area contributed by atoms with Crippen molar-refractivity contribution < 1.29 is 0 Å². The molecule has 0 saturated carbocycles. The molecular weight excluding hydrogens is 631 g/mol. The van der Waals surface area contributed by atoms with Crippen molar-refractivity contribution in [2.24, 2.45) is 0 Å². The van der Waals surface area contributed by atoms with E-state index in [2.05, 4.69) is 152 Å². The molecule has 0 aliphatic rings. The summed E-state index contributed by atoms with van der Waals surface area (Å²) in [5.41, 5.74) is 7.47. The van der Waals surface area contributed by atoms with E-state index in [1.54, 1.807) is 0 Å². The van der Waals surface area contributed by atoms with E-state index < -0.39 is 0 Å². The van der Waals surface area contributed by atoms with E-state index in [4.69, 9.17) is 15.0 Å². The lowest BCUT2D eigenvalue weighted by molar-refractivity contribution is 1.08. The summed E-state index contributed by atoms with van der Waals surface area (Å²) in [6.45, 7) is 0. The third-order valence-corrected chi connectivity index (χ3v) is 10.1. The van der Waals surface area contributed by atoms with E-state index in [9.17, 15) is 0 Å². The summed E-state index contributed by atoms with van der Waals surface area (Å²) >= 11 is 0. The minimum Gasteiger partial charge on any atom is -0.208 e. The van der Waals surface area contributed by atoms with Crippen molar-refractivity contribution in [3.8, 4) is 56.4 Å². The van der Waals surface area contributed by atoms with Gasteiger partial charge in [-0.2, -0.15) is 0 Å². The first-order valence-electron chi connectivity index (χ1n) is 17.6. The molecule has 10 aromatic rings. The van der Waals surface area contributed by atoms with Crippen molar-refractivity contribution in [3.63, 3.8) is 0 Å². The van der Waals surface area contributed by atoms with E-state index in [-0.39, 0.29) is 0 Å². The Bertz CT molecular complexity index is 2880. The van der Waals surface area contributed by atoms with E-state index in [0.717, 1.165) is 44.0 Å². The summed E-state index contributed by atoms with van der Waals surface area (Å²) in [6, 6.07) is 66.4. The van der Waals surface area contributed by atoms with Crippen LogP contribution in [0.4, 0.5) is 0 Å². The highest BCUT2D eigenvalue weighted by Crippen LogP contribution is 2.46. The van der Waals surface area contributed by atoms with Crippen LogP contribution in [0.3, 0.4) is 0 Å². The van der Waals surface area contributed by atoms with Crippen molar-refractivity contribution in [1.82, 2.24) is 15.0 Å². The highest BCUT2D eigenvalue weighted by Gasteiger charge is 2.22. The molecule has 0 fully saturated rings. The van der Waals surface area contributed by atoms with Crippen molar-refractivity contribution in [2.45, 2.75) is 0 Å². The molecule has 0 saturated heterocycles. The molecule has 0 bridgehead atoms. The lowest BCUT2D eigenvalue weighted by Gasteiger charge is -2.19. The van der Waals surface area contributed by atoms with Crippen LogP contribution < -0.4 is 0 Å². The van der Waals surface area contributed by atoms with Crippen LogP contribution in [0.25, 0.3) is 99.5 Å². The number of rotatable bonds is 5. The van der Waals surface area contributed by atoms with Crippen LogP contribution in [0.2, 0.25) is 0 Å². The maximum atomic E-state index is 5.28. The van der Waals surface area contributed by atoms with Gasteiger partial charge in [-0.05, 0) is 71.9 Å². The Morgan fingerprint density at radius 3 is 1.35 bits per heavy atom. The van der Waals surface area contributed by atoms with Crippen molar-refractivity contribution in [2.75, 3.05) is 0 Å². The number of nitrogens with zero attached hydrogens (tertiary/aromatic N) is 3. The number of benzene rings is 9. The van der Waals surface area contributed by atoms with E-state index in [0.29, 0.717) is 17.5 Å². The van der Waals surface area contributed by atoms with E-state index in [1.165, 1.54) is 38.1 Å². The normalized spacial score (nSPS) is 11.5. The van der Waals surface area contributed by atoms with E-state index in [1.807, 2.05) is 36.4 Å². The minimum absolute atomic E-state index is 0.643. The van der Waals surface area contributed by atoms with Gasteiger partial charge < -0.3 is 0 Å². The fraction of sp³-hybridized carbons (Fsp3) is 0. The van der Waals surface area contributed by atoms with Crippen LogP contribution in [0, 0.1) is 0 Å². The smallest absolute Gasteiger partial charge is 0.165 e. The highest BCUT2D eigenvalue weighted by molar-refractivity contribution is 6.22. The predicted molar refractivity (Wildman–Crippen MR) is 217 cm³/mol. The molecule has 0 atom stereocenters. The Morgan fingerprint density at radius 2 is 0.712 bits per heavy atom. The zero-order valence-corrected chi connectivity index (χ0v) is 28.2. The molecule has 0 amide bonds. The molecule has 52 heavy (non-hydrogen) atoms. The second kappa shape index (κ2) is 12.4. The van der Waals surface area contributed by atoms with Gasteiger partial charge >= 0.3 is 0 Å². The molecule has 9 aromatic carbocycles. The minimum atomic E-state index is 0.643. The predicted octanol–water partition coefficient (Wildman–Crippen LogP) is 12.8. The Morgan fingerprint density at radius 1 is 0.250 bits per heavy atom. The van der Waals surface area contributed by atoms with Crippen molar-refractivity contribution in [1.29, 1.82) is 0 Å². The largest absolute Gasteiger partial charge is 0.208 e. The first-order chi connectivity index (χ1) is 25.8. The Balaban J connectivity index is 1.33. The SMILES string of the molecule is c1ccc(-c2nc(-c3ccccc3)nc(-c3c(-c4ccccc4)c4cc(-c5cc6ccccc6c6ccccc56)ccc4c4ccccc34)n2)cc1. The van der Waals surface area contributed by atoms with Gasteiger partial charge in [0.25, 0.3) is 0 Å². The third kappa shape index (κ3) is 5.02. The van der Waals surface area contributed by atoms with Crippen molar-refractivity contribution >= 4 is 43.1 Å². The topological polar surface area (TPSA) is 38.7 Å². The molecule has 3 nitrogen and oxygen atoms in total. The van der Waals surface area contributed by atoms with Gasteiger partial charge in [0, 0.05) is 22.3 Å². The Kier molecular flexibility index (Phi) is 7.14. The van der Waals surface area contributed by atoms with Gasteiger partial charge in [0.15, 0.2) is 17.5 Å². The molecule has 0 N–H and O–H groups in total. The molecular formula is C49H31N3. The average molecular weight is 662 g/mol. The maximum Gasteiger partial charge on any atom is 0.165 e. The molecule has 0 radical (unpaired) electrons. The fourth-order valence-corrected chi connectivity index (χ4v) is 7.71. The van der Waals surface area contributed by atoms with Gasteiger partial charge in [0.2, 0.25) is 0 Å². The first-order valence-corrected chi connectivity index (χ1v) is 17.6. The van der Waals surface area contributed by atoms with Gasteiger partial charge in [-0.1, -0.05) is 176 Å². The summed E-state index contributed by atoms with van der Waals surface area (Å²) in [5.74, 6) is 1.93. The monoisotopic (exact) mass is 661 g/mol. The summed E-state index contributed by atoms with van der Waals surface area (Å²) in [5, 5.41) is 9.58. The Hall–Kier alpha value is -6.97. The van der Waals surface area contributed by atoms with Gasteiger partial charge in [-0.3, -0.25) is 0 Å². The first kappa shape index (κ1) is 29.9. The molecule has 1 heterocycles. The Labute approximate surface area is 301 Å². The van der Waals surface area contributed by atoms with Crippen LogP contribution in [0.1, 0.15) is 0 Å². The summed E-state index contributed by atoms with van der Waals surface area (Å²) in [6.07, 6.45) is 0. The van der Waals surface area contributed by atoms with Crippen LogP contribution >= 0.6 is 0 Å². The standard InChI is InChI=1S/C49H31N3/c1-4-16-32(17-5-1)45-44-31-36(43-30-35-22-10-11-23-37(35)38-24-12-13-26-40(38)43)28-29-41(44)39-25-14-15-27-42(39)46(45)49-51-47(33-18-6-2-7-19-33)50-48(52-49)34-20-8-3-9-21-34/h1-31H. The fourth-order valence-electron chi connectivity index (χ4n) is 7.71. The zero-order chi connectivity index (χ0) is 34.4. The number of fused-ring (bicyclic) bond motifs is 6. The zero-order valence-electron chi connectivity index (χ0n) is 28.2. The lowest BCUT2D eigenvalue weighted by atomic mass is 9.85. The second-order valence-electron chi connectivity index (χ2n) is 13.2. The third-order valence-electron chi connectivity index (χ3n) is 10.1. The number of hydrogen-bond donors (Lipinski definition) is 0. The molecule has 10 rings (SSSR count). The van der Waals surface area contributed by atoms with Crippen LogP contribution in [0.5, 0.6) is 0 Å². The van der Waals surface area contributed by atoms with Gasteiger partial charge in [-0.15, -0.1) is 0 Å². The van der Waals surface area contributed by atoms with E-state index >= 15 is 0 Å². The molecule has 1 aromatic heterocycles. The van der Waals surface area contributed by atoms with Crippen molar-refractivity contribution in [3.05, 3.63) is 188 Å². The molecule has 3 heteroatoms. The van der Waals surface area contributed by atoms with Gasteiger partial charge in [0.1, 0.15) is 0 Å².